The predicted molar refractivity (Wildman–Crippen MR) is 127 cm³/mol. The van der Waals surface area contributed by atoms with Crippen LogP contribution in [-0.2, 0) is 0 Å². The minimum Gasteiger partial charge on any atom is -0.0737 e. The van der Waals surface area contributed by atoms with E-state index in [0.29, 0.717) is 0 Å². The zero-order valence-corrected chi connectivity index (χ0v) is 19.2. The van der Waals surface area contributed by atoms with Gasteiger partial charge in [-0.3, -0.25) is 0 Å². The molecule has 2 aliphatic heterocycles. The summed E-state index contributed by atoms with van der Waals surface area (Å²) in [6.45, 7) is 1.15. The van der Waals surface area contributed by atoms with E-state index in [0.717, 1.165) is 18.3 Å². The fourth-order valence-electron chi connectivity index (χ4n) is 7.86. The molecule has 0 radical (unpaired) electrons. The summed E-state index contributed by atoms with van der Waals surface area (Å²) in [5.74, 6) is 2.28. The lowest BCUT2D eigenvalue weighted by atomic mass is 9.26. The molecule has 2 saturated carbocycles. The van der Waals surface area contributed by atoms with Gasteiger partial charge in [0.1, 0.15) is 6.71 Å². The molecule has 2 heteroatoms. The molecule has 0 nitrogen and oxygen atoms in total. The molecule has 0 N–H and O–H groups in total. The molecular weight excluding hydrogens is 342 g/mol. The predicted octanol–water partition coefficient (Wildman–Crippen LogP) is 8.64. The average Bonchev–Trinajstić information content (AvgIpc) is 2.72. The van der Waals surface area contributed by atoms with E-state index in [-0.39, 0.29) is 7.92 Å². The molecule has 27 heavy (non-hydrogen) atoms. The van der Waals surface area contributed by atoms with Gasteiger partial charge in [-0.25, -0.2) is 0 Å². The number of fused-ring (bicyclic) bond motifs is 2. The van der Waals surface area contributed by atoms with E-state index < -0.39 is 0 Å². The van der Waals surface area contributed by atoms with Gasteiger partial charge in [0.05, 0.1) is 17.5 Å². The molecule has 4 aliphatic rings. The van der Waals surface area contributed by atoms with Gasteiger partial charge in [0.15, 0.2) is 0 Å². The maximum Gasteiger partial charge on any atom is 0.146 e. The molecular formula is C25H47BP+. The first-order valence-electron chi connectivity index (χ1n) is 13.3. The second-order valence-corrected chi connectivity index (χ2v) is 14.2. The van der Waals surface area contributed by atoms with Gasteiger partial charge in [-0.1, -0.05) is 82.2 Å². The van der Waals surface area contributed by atoms with Gasteiger partial charge in [-0.05, 0) is 57.8 Å². The molecule has 0 amide bonds. The van der Waals surface area contributed by atoms with Crippen molar-refractivity contribution in [2.24, 2.45) is 0 Å². The van der Waals surface area contributed by atoms with Crippen LogP contribution in [0.5, 0.6) is 0 Å². The van der Waals surface area contributed by atoms with Crippen LogP contribution in [0.25, 0.3) is 0 Å². The Balaban J connectivity index is 1.20. The summed E-state index contributed by atoms with van der Waals surface area (Å²) in [4.78, 5) is 0. The number of hydrogen-bond acceptors (Lipinski definition) is 0. The van der Waals surface area contributed by atoms with Crippen molar-refractivity contribution in [3.8, 4) is 0 Å². The average molecular weight is 389 g/mol. The highest BCUT2D eigenvalue weighted by Gasteiger charge is 2.39. The molecule has 0 aromatic carbocycles. The van der Waals surface area contributed by atoms with Crippen molar-refractivity contribution in [1.82, 2.24) is 0 Å². The normalized spacial score (nSPS) is 30.8. The zero-order chi connectivity index (χ0) is 18.3. The summed E-state index contributed by atoms with van der Waals surface area (Å²) in [5, 5.41) is 0. The van der Waals surface area contributed by atoms with Crippen LogP contribution in [0.15, 0.2) is 0 Å². The molecule has 2 heterocycles. The molecule has 0 atom stereocenters. The third kappa shape index (κ3) is 5.77. The van der Waals surface area contributed by atoms with Crippen LogP contribution in [0, 0.1) is 0 Å². The van der Waals surface area contributed by atoms with Gasteiger partial charge < -0.3 is 0 Å². The quantitative estimate of drug-likeness (QED) is 0.221. The van der Waals surface area contributed by atoms with Crippen LogP contribution in [0.2, 0.25) is 18.0 Å². The molecule has 4 rings (SSSR count). The smallest absolute Gasteiger partial charge is 0.0737 e. The molecule has 0 spiro atoms. The molecule has 0 unspecified atom stereocenters. The minimum absolute atomic E-state index is 0.0653. The van der Waals surface area contributed by atoms with Crippen LogP contribution in [0.3, 0.4) is 0 Å². The van der Waals surface area contributed by atoms with Crippen molar-refractivity contribution >= 4 is 14.6 Å². The van der Waals surface area contributed by atoms with Gasteiger partial charge in [0.2, 0.25) is 0 Å². The Kier molecular flexibility index (Phi) is 8.49. The maximum atomic E-state index is 1.69. The van der Waals surface area contributed by atoms with E-state index >= 15 is 0 Å². The fourth-order valence-corrected chi connectivity index (χ4v) is 12.3. The largest absolute Gasteiger partial charge is 0.146 e. The maximum absolute atomic E-state index is 1.69. The second-order valence-electron chi connectivity index (χ2n) is 10.9. The molecule has 2 bridgehead atoms. The van der Waals surface area contributed by atoms with E-state index in [4.69, 9.17) is 0 Å². The monoisotopic (exact) mass is 389 g/mol. The summed E-state index contributed by atoms with van der Waals surface area (Å²) in [7, 11) is -0.0653. The van der Waals surface area contributed by atoms with E-state index in [2.05, 4.69) is 0 Å². The van der Waals surface area contributed by atoms with E-state index in [9.17, 15) is 0 Å². The van der Waals surface area contributed by atoms with Crippen LogP contribution < -0.4 is 0 Å². The second kappa shape index (κ2) is 11.0. The van der Waals surface area contributed by atoms with Crippen LogP contribution in [0.4, 0.5) is 0 Å². The first-order valence-corrected chi connectivity index (χ1v) is 15.1. The molecule has 4 fully saturated rings. The third-order valence-corrected chi connectivity index (χ3v) is 13.5. The van der Waals surface area contributed by atoms with Crippen LogP contribution >= 0.6 is 7.92 Å². The topological polar surface area (TPSA) is 0 Å². The fraction of sp³-hybridized carbons (Fsp3) is 1.00. The van der Waals surface area contributed by atoms with Crippen LogP contribution in [0.1, 0.15) is 122 Å². The van der Waals surface area contributed by atoms with Crippen molar-refractivity contribution < 1.29 is 0 Å². The van der Waals surface area contributed by atoms with Crippen molar-refractivity contribution in [2.75, 3.05) is 6.16 Å². The standard InChI is InChI=1S/C25H46BP/c1-4-16-24(17-5-1)27(25-18-6-2-7-19-25)21-9-3-8-20-26-22-12-10-13-23(26)15-11-14-22/h22-25H,1-21H2/p+1. The first-order chi connectivity index (χ1) is 13.4. The number of rotatable bonds is 8. The Morgan fingerprint density at radius 1 is 0.519 bits per heavy atom. The molecule has 2 saturated heterocycles. The van der Waals surface area contributed by atoms with E-state index in [1.165, 1.54) is 11.3 Å². The Bertz CT molecular complexity index is 373. The van der Waals surface area contributed by atoms with Gasteiger partial charge in [-0.2, -0.15) is 0 Å². The molecule has 154 valence electrons. The van der Waals surface area contributed by atoms with Gasteiger partial charge in [-0.15, -0.1) is 0 Å². The van der Waals surface area contributed by atoms with Gasteiger partial charge in [0, 0.05) is 7.92 Å². The SMILES string of the molecule is C1CCC([PH+](CCCCCB2C3CCCC2CCC3)C2CCCCC2)CC1. The summed E-state index contributed by atoms with van der Waals surface area (Å²) in [6.07, 6.45) is 33.3. The lowest BCUT2D eigenvalue weighted by Gasteiger charge is -2.40. The minimum atomic E-state index is -0.0653. The highest BCUT2D eigenvalue weighted by atomic mass is 31.1. The Labute approximate surface area is 172 Å². The zero-order valence-electron chi connectivity index (χ0n) is 18.2. The first kappa shape index (κ1) is 20.8. The summed E-state index contributed by atoms with van der Waals surface area (Å²) in [5.41, 5.74) is 2.43. The highest BCUT2D eigenvalue weighted by Crippen LogP contribution is 2.56. The lowest BCUT2D eigenvalue weighted by molar-refractivity contribution is 0.440. The van der Waals surface area contributed by atoms with Gasteiger partial charge >= 0.3 is 0 Å². The summed E-state index contributed by atoms with van der Waals surface area (Å²) < 4.78 is 0. The third-order valence-electron chi connectivity index (χ3n) is 9.27. The Morgan fingerprint density at radius 2 is 1.04 bits per heavy atom. The van der Waals surface area contributed by atoms with Crippen molar-refractivity contribution in [3.63, 3.8) is 0 Å². The number of unbranched alkanes of at least 4 members (excludes halogenated alkanes) is 2. The van der Waals surface area contributed by atoms with E-state index in [1.807, 2.05) is 0 Å². The number of hydrogen-bond donors (Lipinski definition) is 0. The molecule has 0 aromatic heterocycles. The van der Waals surface area contributed by atoms with Crippen molar-refractivity contribution in [3.05, 3.63) is 0 Å². The summed E-state index contributed by atoms with van der Waals surface area (Å²) >= 11 is 0. The Morgan fingerprint density at radius 3 is 1.56 bits per heavy atom. The molecule has 0 aromatic rings. The summed E-state index contributed by atoms with van der Waals surface area (Å²) in [6, 6.07) is 0. The highest BCUT2D eigenvalue weighted by molar-refractivity contribution is 7.59. The molecule has 2 aliphatic carbocycles. The van der Waals surface area contributed by atoms with E-state index in [1.54, 1.807) is 134 Å². The Hall–Kier alpha value is 0.495. The van der Waals surface area contributed by atoms with Gasteiger partial charge in [0.25, 0.3) is 0 Å². The van der Waals surface area contributed by atoms with Crippen molar-refractivity contribution in [1.29, 1.82) is 0 Å². The lowest BCUT2D eigenvalue weighted by Crippen LogP contribution is -2.34. The van der Waals surface area contributed by atoms with Crippen molar-refractivity contribution in [2.45, 2.75) is 151 Å². The van der Waals surface area contributed by atoms with Crippen LogP contribution in [-0.4, -0.2) is 24.2 Å².